The standard InChI is InChI=1S/C31H33NO6/c1-3-20(2)26(32-24-12-8-21(9-13-24)27(33)16-17-28(34)31(35)36)19-37-25-14-10-22(11-15-25)30-18-23-6-4-5-7-29(23)38-30/h4-15,18,20,26,28,32,34H,3,16-17,19H2,1-2H3,(H,35,36)/t20-,26+,28+/m0/s1. The minimum Gasteiger partial charge on any atom is -0.491 e. The molecule has 198 valence electrons. The summed E-state index contributed by atoms with van der Waals surface area (Å²) in [6, 6.07) is 25.0. The normalized spacial score (nSPS) is 13.6. The maximum absolute atomic E-state index is 12.3. The Kier molecular flexibility index (Phi) is 8.81. The van der Waals surface area contributed by atoms with Gasteiger partial charge in [-0.2, -0.15) is 0 Å². The number of carbonyl (C=O) groups excluding carboxylic acids is 1. The van der Waals surface area contributed by atoms with Crippen LogP contribution in [-0.4, -0.2) is 40.7 Å². The number of aliphatic carboxylic acids is 1. The zero-order valence-electron chi connectivity index (χ0n) is 21.6. The lowest BCUT2D eigenvalue weighted by molar-refractivity contribution is -0.146. The molecule has 0 aliphatic carbocycles. The number of fused-ring (bicyclic) bond motifs is 1. The fraction of sp³-hybridized carbons (Fsp3) is 0.290. The van der Waals surface area contributed by atoms with Gasteiger partial charge in [-0.25, -0.2) is 4.79 Å². The first-order valence-electron chi connectivity index (χ1n) is 12.9. The summed E-state index contributed by atoms with van der Waals surface area (Å²) in [6.45, 7) is 4.76. The van der Waals surface area contributed by atoms with Gasteiger partial charge in [0.25, 0.3) is 0 Å². The number of rotatable bonds is 13. The Bertz CT molecular complexity index is 1330. The van der Waals surface area contributed by atoms with Gasteiger partial charge in [0.1, 0.15) is 23.7 Å². The van der Waals surface area contributed by atoms with Crippen LogP contribution in [0.1, 0.15) is 43.5 Å². The highest BCUT2D eigenvalue weighted by atomic mass is 16.5. The largest absolute Gasteiger partial charge is 0.491 e. The van der Waals surface area contributed by atoms with E-state index in [4.69, 9.17) is 14.3 Å². The number of aliphatic hydroxyl groups is 1. The van der Waals surface area contributed by atoms with Crippen LogP contribution in [0.15, 0.2) is 83.3 Å². The van der Waals surface area contributed by atoms with Crippen LogP contribution < -0.4 is 10.1 Å². The van der Waals surface area contributed by atoms with E-state index < -0.39 is 12.1 Å². The first-order valence-corrected chi connectivity index (χ1v) is 12.9. The molecule has 0 spiro atoms. The lowest BCUT2D eigenvalue weighted by Gasteiger charge is -2.25. The molecule has 7 heteroatoms. The van der Waals surface area contributed by atoms with Crippen molar-refractivity contribution >= 4 is 28.4 Å². The van der Waals surface area contributed by atoms with Gasteiger partial charge in [-0.15, -0.1) is 0 Å². The van der Waals surface area contributed by atoms with Gasteiger partial charge in [0.2, 0.25) is 0 Å². The zero-order valence-corrected chi connectivity index (χ0v) is 21.6. The third kappa shape index (κ3) is 6.81. The zero-order chi connectivity index (χ0) is 27.1. The van der Waals surface area contributed by atoms with Gasteiger partial charge in [-0.3, -0.25) is 4.79 Å². The quantitative estimate of drug-likeness (QED) is 0.176. The number of para-hydroxylation sites is 1. The second kappa shape index (κ2) is 12.4. The average Bonchev–Trinajstić information content (AvgIpc) is 3.38. The maximum Gasteiger partial charge on any atom is 0.332 e. The molecular formula is C31H33NO6. The van der Waals surface area contributed by atoms with Gasteiger partial charge in [0, 0.05) is 28.6 Å². The smallest absolute Gasteiger partial charge is 0.332 e. The summed E-state index contributed by atoms with van der Waals surface area (Å²) in [7, 11) is 0. The van der Waals surface area contributed by atoms with Crippen LogP contribution in [0.2, 0.25) is 0 Å². The number of carboxylic acids is 1. The molecule has 4 aromatic rings. The molecule has 0 amide bonds. The predicted octanol–water partition coefficient (Wildman–Crippen LogP) is 6.41. The third-order valence-electron chi connectivity index (χ3n) is 6.81. The molecule has 0 saturated carbocycles. The highest BCUT2D eigenvalue weighted by Gasteiger charge is 2.18. The van der Waals surface area contributed by atoms with Crippen molar-refractivity contribution < 1.29 is 29.0 Å². The van der Waals surface area contributed by atoms with Crippen LogP contribution in [0.3, 0.4) is 0 Å². The van der Waals surface area contributed by atoms with Crippen molar-refractivity contribution in [2.75, 3.05) is 11.9 Å². The first kappa shape index (κ1) is 26.9. The van der Waals surface area contributed by atoms with Crippen molar-refractivity contribution in [3.05, 3.63) is 84.4 Å². The topological polar surface area (TPSA) is 109 Å². The number of benzene rings is 3. The number of aliphatic hydroxyl groups excluding tert-OH is 1. The van der Waals surface area contributed by atoms with Gasteiger partial charge in [0.05, 0.1) is 6.04 Å². The van der Waals surface area contributed by atoms with Crippen LogP contribution >= 0.6 is 0 Å². The van der Waals surface area contributed by atoms with E-state index in [0.717, 1.165) is 40.2 Å². The number of Topliss-reactive ketones (excluding diaryl/α,β-unsaturated/α-hetero) is 1. The first-order chi connectivity index (χ1) is 18.3. The molecule has 3 aromatic carbocycles. The van der Waals surface area contributed by atoms with E-state index in [1.807, 2.05) is 66.7 Å². The van der Waals surface area contributed by atoms with Crippen LogP contribution in [0.5, 0.6) is 5.75 Å². The molecule has 0 aliphatic heterocycles. The Balaban J connectivity index is 1.35. The molecule has 38 heavy (non-hydrogen) atoms. The van der Waals surface area contributed by atoms with E-state index in [0.29, 0.717) is 18.1 Å². The average molecular weight is 516 g/mol. The molecular weight excluding hydrogens is 482 g/mol. The Morgan fingerprint density at radius 3 is 2.37 bits per heavy atom. The number of carbonyl (C=O) groups is 2. The van der Waals surface area contributed by atoms with Crippen LogP contribution in [-0.2, 0) is 4.79 Å². The van der Waals surface area contributed by atoms with Gasteiger partial charge in [-0.05, 0) is 73.0 Å². The monoisotopic (exact) mass is 515 g/mol. The number of anilines is 1. The van der Waals surface area contributed by atoms with Crippen molar-refractivity contribution in [3.8, 4) is 17.1 Å². The summed E-state index contributed by atoms with van der Waals surface area (Å²) in [5.41, 5.74) is 3.19. The Labute approximate surface area is 222 Å². The van der Waals surface area contributed by atoms with Gasteiger partial charge in [0.15, 0.2) is 11.9 Å². The summed E-state index contributed by atoms with van der Waals surface area (Å²) in [5.74, 6) is 0.396. The predicted molar refractivity (Wildman–Crippen MR) is 148 cm³/mol. The lowest BCUT2D eigenvalue weighted by atomic mass is 9.99. The maximum atomic E-state index is 12.3. The van der Waals surface area contributed by atoms with Gasteiger partial charge < -0.3 is 24.7 Å². The molecule has 3 N–H and O–H groups in total. The molecule has 0 unspecified atom stereocenters. The highest BCUT2D eigenvalue weighted by molar-refractivity contribution is 5.96. The summed E-state index contributed by atoms with van der Waals surface area (Å²) in [4.78, 5) is 23.1. The van der Waals surface area contributed by atoms with Gasteiger partial charge in [-0.1, -0.05) is 38.5 Å². The van der Waals surface area contributed by atoms with Crippen LogP contribution in [0, 0.1) is 5.92 Å². The number of nitrogens with one attached hydrogen (secondary N) is 1. The number of carboxylic acid groups (broad SMARTS) is 1. The van der Waals surface area contributed by atoms with Crippen molar-refractivity contribution in [1.29, 1.82) is 0 Å². The molecule has 0 radical (unpaired) electrons. The SMILES string of the molecule is CC[C@H](C)[C@@H](COc1ccc(-c2cc3ccccc3o2)cc1)Nc1ccc(C(=O)CC[C@@H](O)C(=O)O)cc1. The molecule has 7 nitrogen and oxygen atoms in total. The molecule has 0 saturated heterocycles. The Morgan fingerprint density at radius 1 is 1.00 bits per heavy atom. The molecule has 3 atom stereocenters. The fourth-order valence-corrected chi connectivity index (χ4v) is 4.16. The Morgan fingerprint density at radius 2 is 1.71 bits per heavy atom. The number of ketones is 1. The van der Waals surface area contributed by atoms with E-state index in [2.05, 4.69) is 19.2 Å². The van der Waals surface area contributed by atoms with E-state index in [9.17, 15) is 14.7 Å². The second-order valence-electron chi connectivity index (χ2n) is 9.51. The summed E-state index contributed by atoms with van der Waals surface area (Å²) in [6.07, 6.45) is -0.703. The van der Waals surface area contributed by atoms with Crippen molar-refractivity contribution in [2.24, 2.45) is 5.92 Å². The van der Waals surface area contributed by atoms with Crippen molar-refractivity contribution in [1.82, 2.24) is 0 Å². The summed E-state index contributed by atoms with van der Waals surface area (Å²) in [5, 5.41) is 22.7. The lowest BCUT2D eigenvalue weighted by Crippen LogP contribution is -2.33. The summed E-state index contributed by atoms with van der Waals surface area (Å²) < 4.78 is 12.1. The van der Waals surface area contributed by atoms with Crippen LogP contribution in [0.4, 0.5) is 5.69 Å². The van der Waals surface area contributed by atoms with Gasteiger partial charge >= 0.3 is 5.97 Å². The molecule has 0 aliphatic rings. The molecule has 1 aromatic heterocycles. The number of hydrogen-bond acceptors (Lipinski definition) is 6. The number of ether oxygens (including phenoxy) is 1. The van der Waals surface area contributed by atoms with Crippen molar-refractivity contribution in [3.63, 3.8) is 0 Å². The minimum absolute atomic E-state index is 0.0291. The van der Waals surface area contributed by atoms with E-state index in [-0.39, 0.29) is 24.7 Å². The highest BCUT2D eigenvalue weighted by Crippen LogP contribution is 2.29. The van der Waals surface area contributed by atoms with Crippen molar-refractivity contribution in [2.45, 2.75) is 45.3 Å². The number of hydrogen-bond donors (Lipinski definition) is 3. The summed E-state index contributed by atoms with van der Waals surface area (Å²) >= 11 is 0. The molecule has 1 heterocycles. The second-order valence-corrected chi connectivity index (χ2v) is 9.51. The van der Waals surface area contributed by atoms with E-state index in [1.165, 1.54) is 0 Å². The molecule has 4 rings (SSSR count). The minimum atomic E-state index is -1.53. The van der Waals surface area contributed by atoms with E-state index >= 15 is 0 Å². The fourth-order valence-electron chi connectivity index (χ4n) is 4.16. The third-order valence-corrected chi connectivity index (χ3v) is 6.81. The molecule has 0 bridgehead atoms. The van der Waals surface area contributed by atoms with Crippen LogP contribution in [0.25, 0.3) is 22.3 Å². The Hall–Kier alpha value is -4.10. The van der Waals surface area contributed by atoms with E-state index in [1.54, 1.807) is 12.1 Å². The molecule has 0 fully saturated rings. The number of furan rings is 1.